The van der Waals surface area contributed by atoms with Gasteiger partial charge in [-0.15, -0.1) is 0 Å². The number of hydrogen-bond donors (Lipinski definition) is 4. The number of benzene rings is 7. The average Bonchev–Trinajstić information content (AvgIpc) is 1.63. The van der Waals surface area contributed by atoms with Crippen LogP contribution in [0.5, 0.6) is 0 Å². The number of nitrogens with two attached hydrogens (primary N) is 1. The Hall–Kier alpha value is -5.50. The van der Waals surface area contributed by atoms with Crippen molar-refractivity contribution in [1.82, 2.24) is 9.78 Å². The molecule has 8 rings (SSSR count). The predicted octanol–water partition coefficient (Wildman–Crippen LogP) is 17.8. The van der Waals surface area contributed by atoms with Crippen LogP contribution in [-0.2, 0) is 33.4 Å². The Labute approximate surface area is 669 Å². The molecule has 0 bridgehead atoms. The number of rotatable bonds is 19. The molecule has 1 heterocycles. The first-order valence-corrected chi connectivity index (χ1v) is 39.8. The summed E-state index contributed by atoms with van der Waals surface area (Å²) in [6.45, 7) is 19.3. The number of hydrogen-bond acceptors (Lipinski definition) is 16. The summed E-state index contributed by atoms with van der Waals surface area (Å²) in [5, 5.41) is 32.8. The van der Waals surface area contributed by atoms with Crippen LogP contribution in [0.1, 0.15) is 123 Å². The zero-order valence-corrected chi connectivity index (χ0v) is 68.1. The summed E-state index contributed by atoms with van der Waals surface area (Å²) in [6.07, 6.45) is -0.763. The third-order valence-electron chi connectivity index (χ3n) is 12.9. The number of Topliss-reactive ketones (excluding diaryl/α,β-unsaturated/α-hetero) is 3. The smallest absolute Gasteiger partial charge is 0.848 e. The molecule has 5 N–H and O–H groups in total. The largest absolute Gasteiger partial charge is 1.00 e. The van der Waals surface area contributed by atoms with Crippen molar-refractivity contribution >= 4 is 200 Å². The number of aliphatic carboxylic acids is 1. The molecule has 0 fully saturated rings. The van der Waals surface area contributed by atoms with Crippen molar-refractivity contribution in [1.29, 1.82) is 0 Å². The quantitative estimate of drug-likeness (QED) is 0.00674. The predicted molar refractivity (Wildman–Crippen MR) is 422 cm³/mol. The number of aromatic nitrogens is 2. The van der Waals surface area contributed by atoms with Gasteiger partial charge < -0.3 is 29.8 Å². The first-order chi connectivity index (χ1) is 47.4. The van der Waals surface area contributed by atoms with E-state index in [2.05, 4.69) is 63.0 Å². The van der Waals surface area contributed by atoms with Crippen LogP contribution in [0.3, 0.4) is 0 Å². The monoisotopic (exact) mass is 1780 g/mol. The van der Waals surface area contributed by atoms with Gasteiger partial charge in [-0.3, -0.25) is 30.4 Å². The Morgan fingerprint density at radius 3 is 1.46 bits per heavy atom. The Balaban J connectivity index is 0.00000125. The van der Waals surface area contributed by atoms with Crippen molar-refractivity contribution in [2.24, 2.45) is 22.8 Å². The molecule has 1 aromatic heterocycles. The second kappa shape index (κ2) is 51.6. The van der Waals surface area contributed by atoms with Crippen LogP contribution in [0.25, 0.3) is 16.9 Å². The number of hydrazine groups is 1. The van der Waals surface area contributed by atoms with E-state index in [1.54, 1.807) is 154 Å². The fourth-order valence-corrected chi connectivity index (χ4v) is 9.64. The number of nitrogen functional groups attached to an aromatic ring is 1. The van der Waals surface area contributed by atoms with Gasteiger partial charge in [0.05, 0.1) is 58.5 Å². The van der Waals surface area contributed by atoms with Crippen LogP contribution in [0, 0.1) is 25.7 Å². The molecular formula is C71H74Cl9I2LiN6O12. The molecule has 3 atom stereocenters. The Kier molecular flexibility index (Phi) is 48.8. The third-order valence-corrected chi connectivity index (χ3v) is 15.2. The molecule has 0 saturated carbocycles. The maximum absolute atomic E-state index is 12.7. The van der Waals surface area contributed by atoms with Gasteiger partial charge in [-0.25, -0.2) is 19.1 Å². The number of carbonyl (C=O) groups is 7. The van der Waals surface area contributed by atoms with Crippen LogP contribution < -0.4 is 40.7 Å². The van der Waals surface area contributed by atoms with E-state index < -0.39 is 47.6 Å². The summed E-state index contributed by atoms with van der Waals surface area (Å²) in [7, 11) is 0. The average molecular weight is 1780 g/mol. The van der Waals surface area contributed by atoms with Gasteiger partial charge >= 0.3 is 36.8 Å². The molecule has 0 aliphatic heterocycles. The number of esters is 3. The van der Waals surface area contributed by atoms with E-state index in [4.69, 9.17) is 130 Å². The van der Waals surface area contributed by atoms with Gasteiger partial charge in [0, 0.05) is 114 Å². The van der Waals surface area contributed by atoms with E-state index in [1.165, 1.54) is 13.0 Å². The molecule has 8 aromatic rings. The number of carboxylic acids is 1. The van der Waals surface area contributed by atoms with Gasteiger partial charge in [0.15, 0.2) is 23.0 Å². The zero-order chi connectivity index (χ0) is 75.9. The minimum atomic E-state index is -1.31. The summed E-state index contributed by atoms with van der Waals surface area (Å²) in [6, 6.07) is 42.2. The summed E-state index contributed by atoms with van der Waals surface area (Å²) in [5.41, 5.74) is 12.3. The van der Waals surface area contributed by atoms with Crippen LogP contribution in [0.15, 0.2) is 157 Å². The number of carboxylic acid groups (broad SMARTS) is 1. The molecule has 30 heteroatoms. The minimum Gasteiger partial charge on any atom is -0.848 e. The van der Waals surface area contributed by atoms with Crippen molar-refractivity contribution in [3.63, 3.8) is 0 Å². The molecule has 0 spiro atoms. The molecule has 0 aliphatic carbocycles. The van der Waals surface area contributed by atoms with Crippen LogP contribution in [0.2, 0.25) is 45.2 Å². The fraction of sp³-hybridized carbons (Fsp3) is 0.254. The molecular weight excluding hydrogens is 1710 g/mol. The van der Waals surface area contributed by atoms with E-state index in [1.807, 2.05) is 58.9 Å². The number of nitrogens with zero attached hydrogens (tertiary/aromatic N) is 3. The number of nitrogens with one attached hydrogen (secondary N) is 2. The standard InChI is InChI=1S/C19H17Cl3N2O3.C19H15Cl3N2O2.C13H14ClO4.C9H9ClO.C7H9ClN2.C2H4O2.C2H6.I2.Li/c1-3-27-19(26)17(24-23-16-9-8-14(21)10-15(16)22)11(2)18(25)12-4-6-13(20)7-5-12;1-3-26-19(25)17-11(2)18(12-4-6-13(20)7-5-12)24(23-17)16-9-8-14(21)10-15(16)22;1-3-18-13(17)12(16)8(2)11(15)9-4-6-10(14)7-5-9;1-2-9(11)7-3-5-8(10)6-4-7;1-5-4-6(8)2-3-7(5)10-9;1-2(3)4;2*1-2;/h4-11,23H,3H2,1-2H3;4-10H,3H2,1-2H3;4-8,11H,3H2,1-2H3;3-6H,2H2,1H3;2-4,10H,9H2,1H3;1H3,(H,3,4);1-2H3;;/q;;-1;;;;;;+1/b24-17-;;;;;;;;. The van der Waals surface area contributed by atoms with Crippen molar-refractivity contribution < 1.29 is 76.8 Å². The van der Waals surface area contributed by atoms with Crippen LogP contribution in [0.4, 0.5) is 11.4 Å². The third kappa shape index (κ3) is 33.4. The number of hydrazone groups is 1. The molecule has 0 amide bonds. The summed E-state index contributed by atoms with van der Waals surface area (Å²) >= 11 is 57.5. The van der Waals surface area contributed by atoms with Gasteiger partial charge in [-0.2, -0.15) is 10.2 Å². The molecule has 18 nitrogen and oxygen atoms in total. The van der Waals surface area contributed by atoms with Gasteiger partial charge in [-0.1, -0.05) is 168 Å². The number of aryl methyl sites for hydroxylation is 1. The van der Waals surface area contributed by atoms with Crippen molar-refractivity contribution in [3.05, 3.63) is 230 Å². The van der Waals surface area contributed by atoms with Crippen LogP contribution >= 0.6 is 142 Å². The van der Waals surface area contributed by atoms with E-state index in [-0.39, 0.29) is 61.7 Å². The molecule has 0 saturated heterocycles. The molecule has 7 aromatic carbocycles. The van der Waals surface area contributed by atoms with Gasteiger partial charge in [0.2, 0.25) is 5.78 Å². The summed E-state index contributed by atoms with van der Waals surface area (Å²) in [4.78, 5) is 80.3. The van der Waals surface area contributed by atoms with E-state index in [0.717, 1.165) is 40.0 Å². The second-order valence-corrected chi connectivity index (χ2v) is 23.7. The van der Waals surface area contributed by atoms with Gasteiger partial charge in [0.1, 0.15) is 0 Å². The van der Waals surface area contributed by atoms with E-state index >= 15 is 0 Å². The molecule has 101 heavy (non-hydrogen) atoms. The topological polar surface area (TPSA) is 271 Å². The number of ketones is 3. The van der Waals surface area contributed by atoms with Crippen LogP contribution in [-0.4, -0.2) is 81.6 Å². The zero-order valence-electron chi connectivity index (χ0n) is 57.0. The molecule has 0 radical (unpaired) electrons. The minimum absolute atomic E-state index is 0. The number of halogens is 11. The molecule has 0 aliphatic rings. The number of ether oxygens (including phenoxy) is 3. The Bertz CT molecular complexity index is 3970. The number of carbonyl (C=O) groups excluding carboxylic acids is 6. The van der Waals surface area contributed by atoms with Crippen molar-refractivity contribution in [3.8, 4) is 16.9 Å². The van der Waals surface area contributed by atoms with E-state index in [9.17, 15) is 33.9 Å². The number of anilines is 2. The van der Waals surface area contributed by atoms with Gasteiger partial charge in [-0.05, 0) is 174 Å². The second-order valence-electron chi connectivity index (χ2n) is 19.9. The summed E-state index contributed by atoms with van der Waals surface area (Å²) in [5.74, 6) is -0.502. The van der Waals surface area contributed by atoms with Crippen molar-refractivity contribution in [2.45, 2.75) is 88.7 Å². The Morgan fingerprint density at radius 2 is 1.01 bits per heavy atom. The van der Waals surface area contributed by atoms with E-state index in [0.29, 0.717) is 74.7 Å². The molecule has 538 valence electrons. The van der Waals surface area contributed by atoms with Gasteiger partial charge in [0.25, 0.3) is 5.97 Å². The normalized spacial score (nSPS) is 10.9. The SMILES string of the molecule is CC.CC(=O)O.CCC(=O)c1ccc(Cl)cc1.CCOC(=O)/C(=N\Nc1ccc(Cl)cc1Cl)C(C)C(=O)c1ccc(Cl)cc1.CCOC(=O)C(=O)C(C)C([O-])c1ccc(Cl)cc1.CCOC(=O)c1nn(-c2ccc(Cl)cc2Cl)c(-c2ccc(Cl)cc2)c1C.Cc1cc(Cl)ccc1NN.II.[Li+]. The maximum atomic E-state index is 12.7. The molecule has 3 unspecified atom stereocenters. The first-order valence-electron chi connectivity index (χ1n) is 30.1. The van der Waals surface area contributed by atoms with Crippen molar-refractivity contribution in [2.75, 3.05) is 30.7 Å². The Morgan fingerprint density at radius 1 is 0.594 bits per heavy atom. The maximum Gasteiger partial charge on any atom is 1.00 e. The fourth-order valence-electron chi connectivity index (χ4n) is 7.97. The summed E-state index contributed by atoms with van der Waals surface area (Å²) < 4.78 is 16.4. The first kappa shape index (κ1) is 95.5.